The number of thioether (sulfide) groups is 1. The van der Waals surface area contributed by atoms with Crippen LogP contribution in [0.15, 0.2) is 47.4 Å². The fourth-order valence-electron chi connectivity index (χ4n) is 1.88. The van der Waals surface area contributed by atoms with Crippen molar-refractivity contribution in [3.05, 3.63) is 59.2 Å². The predicted molar refractivity (Wildman–Crippen MR) is 82.9 cm³/mol. The molecule has 104 valence electrons. The fourth-order valence-corrected chi connectivity index (χ4v) is 2.76. The smallest absolute Gasteiger partial charge is 0.339 e. The van der Waals surface area contributed by atoms with E-state index in [1.807, 2.05) is 12.1 Å². The van der Waals surface area contributed by atoms with Gasteiger partial charge in [-0.05, 0) is 30.7 Å². The second kappa shape index (κ2) is 6.48. The standard InChI is InChI=1S/C16H17NO2S/c1-11-4-3-5-12(8-11)10-20-13-6-7-15(17)14(9-13)16(18)19-2/h3-9H,10,17H2,1-2H3. The zero-order valence-electron chi connectivity index (χ0n) is 11.6. The predicted octanol–water partition coefficient (Wildman–Crippen LogP) is 3.66. The summed E-state index contributed by atoms with van der Waals surface area (Å²) in [6.45, 7) is 2.08. The molecule has 0 atom stereocenters. The monoisotopic (exact) mass is 287 g/mol. The minimum absolute atomic E-state index is 0.402. The Morgan fingerprint density at radius 1 is 1.25 bits per heavy atom. The molecule has 0 aromatic heterocycles. The Morgan fingerprint density at radius 3 is 2.75 bits per heavy atom. The van der Waals surface area contributed by atoms with Crippen LogP contribution in [0.4, 0.5) is 5.69 Å². The Labute approximate surface area is 123 Å². The summed E-state index contributed by atoms with van der Waals surface area (Å²) in [5, 5.41) is 0. The number of nitrogens with two attached hydrogens (primary N) is 1. The molecule has 0 radical (unpaired) electrons. The van der Waals surface area contributed by atoms with E-state index in [2.05, 4.69) is 25.1 Å². The van der Waals surface area contributed by atoms with Crippen LogP contribution in [0.3, 0.4) is 0 Å². The van der Waals surface area contributed by atoms with Crippen LogP contribution >= 0.6 is 11.8 Å². The van der Waals surface area contributed by atoms with Crippen LogP contribution in [0.2, 0.25) is 0 Å². The van der Waals surface area contributed by atoms with Gasteiger partial charge in [-0.3, -0.25) is 0 Å². The zero-order chi connectivity index (χ0) is 14.5. The van der Waals surface area contributed by atoms with Gasteiger partial charge in [0, 0.05) is 16.3 Å². The molecule has 2 N–H and O–H groups in total. The Hall–Kier alpha value is -1.94. The molecule has 0 saturated heterocycles. The summed E-state index contributed by atoms with van der Waals surface area (Å²) in [5.74, 6) is 0.451. The van der Waals surface area contributed by atoms with Crippen molar-refractivity contribution in [2.45, 2.75) is 17.6 Å². The molecule has 0 bridgehead atoms. The molecule has 0 heterocycles. The van der Waals surface area contributed by atoms with E-state index in [1.54, 1.807) is 23.9 Å². The van der Waals surface area contributed by atoms with Crippen molar-refractivity contribution in [3.8, 4) is 0 Å². The number of rotatable bonds is 4. The van der Waals surface area contributed by atoms with Gasteiger partial charge in [-0.2, -0.15) is 0 Å². The number of carbonyl (C=O) groups excluding carboxylic acids is 1. The van der Waals surface area contributed by atoms with Crippen LogP contribution < -0.4 is 5.73 Å². The average molecular weight is 287 g/mol. The highest BCUT2D eigenvalue weighted by Gasteiger charge is 2.10. The minimum Gasteiger partial charge on any atom is -0.465 e. The molecule has 2 aromatic carbocycles. The quantitative estimate of drug-likeness (QED) is 0.530. The maximum Gasteiger partial charge on any atom is 0.339 e. The molecule has 0 saturated carbocycles. The molecule has 4 heteroatoms. The summed E-state index contributed by atoms with van der Waals surface area (Å²) in [5.41, 5.74) is 9.14. The SMILES string of the molecule is COC(=O)c1cc(SCc2cccc(C)c2)ccc1N. The van der Waals surface area contributed by atoms with Gasteiger partial charge < -0.3 is 10.5 Å². The summed E-state index contributed by atoms with van der Waals surface area (Å²) in [4.78, 5) is 12.6. The van der Waals surface area contributed by atoms with E-state index in [9.17, 15) is 4.79 Å². The fraction of sp³-hybridized carbons (Fsp3) is 0.188. The Kier molecular flexibility index (Phi) is 4.69. The molecular formula is C16H17NO2S. The molecule has 2 aromatic rings. The van der Waals surface area contributed by atoms with Crippen molar-refractivity contribution in [3.63, 3.8) is 0 Å². The van der Waals surface area contributed by atoms with Gasteiger partial charge in [-0.15, -0.1) is 11.8 Å². The van der Waals surface area contributed by atoms with Crippen LogP contribution in [0.1, 0.15) is 21.5 Å². The maximum atomic E-state index is 11.6. The van der Waals surface area contributed by atoms with Crippen LogP contribution in [-0.4, -0.2) is 13.1 Å². The molecule has 2 rings (SSSR count). The molecule has 0 spiro atoms. The first-order valence-corrected chi connectivity index (χ1v) is 7.25. The summed E-state index contributed by atoms with van der Waals surface area (Å²) < 4.78 is 4.72. The van der Waals surface area contributed by atoms with Crippen molar-refractivity contribution < 1.29 is 9.53 Å². The third-order valence-electron chi connectivity index (χ3n) is 2.92. The zero-order valence-corrected chi connectivity index (χ0v) is 12.4. The van der Waals surface area contributed by atoms with Gasteiger partial charge in [0.15, 0.2) is 0 Å². The second-order valence-corrected chi connectivity index (χ2v) is 5.57. The normalized spacial score (nSPS) is 10.3. The van der Waals surface area contributed by atoms with Crippen LogP contribution in [0.5, 0.6) is 0 Å². The second-order valence-electron chi connectivity index (χ2n) is 4.52. The van der Waals surface area contributed by atoms with Gasteiger partial charge >= 0.3 is 5.97 Å². The molecule has 0 aliphatic carbocycles. The average Bonchev–Trinajstić information content (AvgIpc) is 2.45. The number of benzene rings is 2. The molecule has 0 aliphatic rings. The lowest BCUT2D eigenvalue weighted by Crippen LogP contribution is -2.05. The Morgan fingerprint density at radius 2 is 2.05 bits per heavy atom. The van der Waals surface area contributed by atoms with Gasteiger partial charge in [0.25, 0.3) is 0 Å². The topological polar surface area (TPSA) is 52.3 Å². The highest BCUT2D eigenvalue weighted by Crippen LogP contribution is 2.26. The molecule has 0 amide bonds. The number of nitrogen functional groups attached to an aromatic ring is 1. The number of aryl methyl sites for hydroxylation is 1. The van der Waals surface area contributed by atoms with Crippen molar-refractivity contribution >= 4 is 23.4 Å². The van der Waals surface area contributed by atoms with Crippen molar-refractivity contribution in [1.82, 2.24) is 0 Å². The molecule has 3 nitrogen and oxygen atoms in total. The largest absolute Gasteiger partial charge is 0.465 e. The van der Waals surface area contributed by atoms with Crippen molar-refractivity contribution in [2.24, 2.45) is 0 Å². The van der Waals surface area contributed by atoms with Gasteiger partial charge in [-0.1, -0.05) is 29.8 Å². The lowest BCUT2D eigenvalue weighted by atomic mass is 10.2. The Bertz CT molecular complexity index is 626. The highest BCUT2D eigenvalue weighted by molar-refractivity contribution is 7.98. The number of hydrogen-bond acceptors (Lipinski definition) is 4. The van der Waals surface area contributed by atoms with Crippen molar-refractivity contribution in [1.29, 1.82) is 0 Å². The highest BCUT2D eigenvalue weighted by atomic mass is 32.2. The maximum absolute atomic E-state index is 11.6. The van der Waals surface area contributed by atoms with Crippen LogP contribution in [0.25, 0.3) is 0 Å². The van der Waals surface area contributed by atoms with E-state index >= 15 is 0 Å². The molecule has 0 aliphatic heterocycles. The first-order chi connectivity index (χ1) is 9.60. The minimum atomic E-state index is -0.402. The Balaban J connectivity index is 2.12. The van der Waals surface area contributed by atoms with Crippen LogP contribution in [0, 0.1) is 6.92 Å². The molecule has 20 heavy (non-hydrogen) atoms. The van der Waals surface area contributed by atoms with E-state index in [0.717, 1.165) is 10.6 Å². The number of carbonyl (C=O) groups is 1. The summed E-state index contributed by atoms with van der Waals surface area (Å²) >= 11 is 1.67. The van der Waals surface area contributed by atoms with Gasteiger partial charge in [0.2, 0.25) is 0 Å². The summed E-state index contributed by atoms with van der Waals surface area (Å²) in [6, 6.07) is 13.8. The first kappa shape index (κ1) is 14.5. The molecule has 0 unspecified atom stereocenters. The van der Waals surface area contributed by atoms with Gasteiger partial charge in [0.1, 0.15) is 0 Å². The summed E-state index contributed by atoms with van der Waals surface area (Å²) in [6.07, 6.45) is 0. The van der Waals surface area contributed by atoms with E-state index in [4.69, 9.17) is 10.5 Å². The lowest BCUT2D eigenvalue weighted by Gasteiger charge is -2.07. The number of esters is 1. The third kappa shape index (κ3) is 3.54. The number of methoxy groups -OCH3 is 1. The van der Waals surface area contributed by atoms with E-state index in [-0.39, 0.29) is 0 Å². The molecular weight excluding hydrogens is 270 g/mol. The lowest BCUT2D eigenvalue weighted by molar-refractivity contribution is 0.0601. The molecule has 0 fully saturated rings. The van der Waals surface area contributed by atoms with E-state index in [0.29, 0.717) is 11.3 Å². The van der Waals surface area contributed by atoms with Crippen LogP contribution in [-0.2, 0) is 10.5 Å². The summed E-state index contributed by atoms with van der Waals surface area (Å²) in [7, 11) is 1.36. The van der Waals surface area contributed by atoms with Crippen molar-refractivity contribution in [2.75, 3.05) is 12.8 Å². The van der Waals surface area contributed by atoms with Gasteiger partial charge in [0.05, 0.1) is 12.7 Å². The van der Waals surface area contributed by atoms with E-state index in [1.165, 1.54) is 18.2 Å². The third-order valence-corrected chi connectivity index (χ3v) is 3.98. The number of anilines is 1. The van der Waals surface area contributed by atoms with Gasteiger partial charge in [-0.25, -0.2) is 4.79 Å². The number of ether oxygens (including phenoxy) is 1. The van der Waals surface area contributed by atoms with E-state index < -0.39 is 5.97 Å². The number of hydrogen-bond donors (Lipinski definition) is 1. The first-order valence-electron chi connectivity index (χ1n) is 6.26.